The lowest BCUT2D eigenvalue weighted by molar-refractivity contribution is -0.141. The Balaban J connectivity index is 1.85. The standard InChI is InChI=1S/C18H16ClN3O3/c1-25-17(23)11-22-15-9-5-4-8-14(15)21-16(22)10-20-18(24)12-6-2-3-7-13(12)19/h2-9H,10-11H2,1H3,(H,20,24). The van der Waals surface area contributed by atoms with Gasteiger partial charge >= 0.3 is 5.97 Å². The van der Waals surface area contributed by atoms with Gasteiger partial charge in [-0.05, 0) is 24.3 Å². The van der Waals surface area contributed by atoms with E-state index in [-0.39, 0.29) is 25.0 Å². The number of fused-ring (bicyclic) bond motifs is 1. The van der Waals surface area contributed by atoms with Crippen LogP contribution in [0.3, 0.4) is 0 Å². The molecule has 0 saturated carbocycles. The largest absolute Gasteiger partial charge is 0.468 e. The summed E-state index contributed by atoms with van der Waals surface area (Å²) in [6, 6.07) is 14.3. The number of ether oxygens (including phenoxy) is 1. The highest BCUT2D eigenvalue weighted by molar-refractivity contribution is 6.33. The van der Waals surface area contributed by atoms with Crippen molar-refractivity contribution in [3.05, 3.63) is 64.9 Å². The van der Waals surface area contributed by atoms with E-state index >= 15 is 0 Å². The van der Waals surface area contributed by atoms with Crippen LogP contribution in [0, 0.1) is 0 Å². The second-order valence-electron chi connectivity index (χ2n) is 5.34. The summed E-state index contributed by atoms with van der Waals surface area (Å²) in [4.78, 5) is 28.5. The minimum atomic E-state index is -0.387. The fourth-order valence-corrected chi connectivity index (χ4v) is 2.75. The molecule has 0 saturated heterocycles. The molecule has 25 heavy (non-hydrogen) atoms. The molecule has 0 aliphatic carbocycles. The Morgan fingerprint density at radius 3 is 2.64 bits per heavy atom. The molecule has 128 valence electrons. The number of para-hydroxylation sites is 2. The van der Waals surface area contributed by atoms with Crippen molar-refractivity contribution < 1.29 is 14.3 Å². The lowest BCUT2D eigenvalue weighted by Crippen LogP contribution is -2.26. The molecule has 2 aromatic carbocycles. The zero-order valence-electron chi connectivity index (χ0n) is 13.5. The first-order valence-corrected chi connectivity index (χ1v) is 8.01. The van der Waals surface area contributed by atoms with Gasteiger partial charge in [-0.25, -0.2) is 4.98 Å². The van der Waals surface area contributed by atoms with Crippen LogP contribution in [0.25, 0.3) is 11.0 Å². The molecule has 1 amide bonds. The molecule has 0 spiro atoms. The van der Waals surface area contributed by atoms with Gasteiger partial charge in [-0.1, -0.05) is 35.9 Å². The summed E-state index contributed by atoms with van der Waals surface area (Å²) in [5, 5.41) is 3.17. The van der Waals surface area contributed by atoms with E-state index < -0.39 is 0 Å². The van der Waals surface area contributed by atoms with Crippen molar-refractivity contribution in [1.29, 1.82) is 0 Å². The van der Waals surface area contributed by atoms with Crippen LogP contribution in [0.15, 0.2) is 48.5 Å². The minimum absolute atomic E-state index is 0.0221. The molecular formula is C18H16ClN3O3. The molecule has 3 aromatic rings. The van der Waals surface area contributed by atoms with Gasteiger partial charge in [-0.3, -0.25) is 9.59 Å². The van der Waals surface area contributed by atoms with Crippen LogP contribution < -0.4 is 5.32 Å². The third kappa shape index (κ3) is 3.64. The topological polar surface area (TPSA) is 73.2 Å². The first-order valence-electron chi connectivity index (χ1n) is 7.64. The number of hydrogen-bond acceptors (Lipinski definition) is 4. The van der Waals surface area contributed by atoms with Gasteiger partial charge in [-0.15, -0.1) is 0 Å². The van der Waals surface area contributed by atoms with Crippen LogP contribution in [0.1, 0.15) is 16.2 Å². The van der Waals surface area contributed by atoms with Crippen molar-refractivity contribution in [2.45, 2.75) is 13.1 Å². The summed E-state index contributed by atoms with van der Waals surface area (Å²) in [7, 11) is 1.33. The fraction of sp³-hybridized carbons (Fsp3) is 0.167. The Hall–Kier alpha value is -2.86. The predicted octanol–water partition coefficient (Wildman–Crippen LogP) is 2.79. The summed E-state index contributed by atoms with van der Waals surface area (Å²) < 4.78 is 6.48. The van der Waals surface area contributed by atoms with Crippen molar-refractivity contribution in [1.82, 2.24) is 14.9 Å². The van der Waals surface area contributed by atoms with Gasteiger partial charge in [0.25, 0.3) is 5.91 Å². The molecule has 0 radical (unpaired) electrons. The maximum atomic E-state index is 12.3. The number of methoxy groups -OCH3 is 1. The van der Waals surface area contributed by atoms with E-state index in [1.807, 2.05) is 24.3 Å². The molecule has 3 rings (SSSR count). The minimum Gasteiger partial charge on any atom is -0.468 e. The van der Waals surface area contributed by atoms with Crippen LogP contribution in [0.4, 0.5) is 0 Å². The fourth-order valence-electron chi connectivity index (χ4n) is 2.53. The van der Waals surface area contributed by atoms with Crippen molar-refractivity contribution in [3.63, 3.8) is 0 Å². The number of esters is 1. The summed E-state index contributed by atoms with van der Waals surface area (Å²) >= 11 is 6.04. The third-order valence-electron chi connectivity index (χ3n) is 3.77. The lowest BCUT2D eigenvalue weighted by atomic mass is 10.2. The van der Waals surface area contributed by atoms with E-state index in [1.54, 1.807) is 28.8 Å². The van der Waals surface area contributed by atoms with Crippen molar-refractivity contribution in [2.75, 3.05) is 7.11 Å². The molecule has 0 aliphatic rings. The van der Waals surface area contributed by atoms with Crippen LogP contribution in [-0.4, -0.2) is 28.5 Å². The second-order valence-corrected chi connectivity index (χ2v) is 5.75. The number of aromatic nitrogens is 2. The van der Waals surface area contributed by atoms with Crippen LogP contribution in [0.5, 0.6) is 0 Å². The third-order valence-corrected chi connectivity index (χ3v) is 4.10. The number of carbonyl (C=O) groups excluding carboxylic acids is 2. The van der Waals surface area contributed by atoms with Gasteiger partial charge in [0.05, 0.1) is 35.3 Å². The number of benzene rings is 2. The van der Waals surface area contributed by atoms with E-state index in [2.05, 4.69) is 10.3 Å². The number of nitrogens with zero attached hydrogens (tertiary/aromatic N) is 2. The van der Waals surface area contributed by atoms with E-state index in [0.717, 1.165) is 11.0 Å². The quantitative estimate of drug-likeness (QED) is 0.713. The van der Waals surface area contributed by atoms with Crippen molar-refractivity contribution in [3.8, 4) is 0 Å². The highest BCUT2D eigenvalue weighted by Crippen LogP contribution is 2.17. The molecule has 0 unspecified atom stereocenters. The molecular weight excluding hydrogens is 342 g/mol. The van der Waals surface area contributed by atoms with Gasteiger partial charge < -0.3 is 14.6 Å². The monoisotopic (exact) mass is 357 g/mol. The Morgan fingerprint density at radius 1 is 1.16 bits per heavy atom. The summed E-state index contributed by atoms with van der Waals surface area (Å²) in [5.74, 6) is -0.129. The van der Waals surface area contributed by atoms with E-state index in [1.165, 1.54) is 7.11 Å². The van der Waals surface area contributed by atoms with Gasteiger partial charge in [0.2, 0.25) is 0 Å². The molecule has 0 bridgehead atoms. The molecule has 7 heteroatoms. The average molecular weight is 358 g/mol. The highest BCUT2D eigenvalue weighted by atomic mass is 35.5. The molecule has 0 fully saturated rings. The number of carbonyl (C=O) groups is 2. The molecule has 0 atom stereocenters. The van der Waals surface area contributed by atoms with Gasteiger partial charge in [0.15, 0.2) is 0 Å². The first-order chi connectivity index (χ1) is 12.1. The van der Waals surface area contributed by atoms with Gasteiger partial charge in [0, 0.05) is 0 Å². The zero-order valence-corrected chi connectivity index (χ0v) is 14.3. The summed E-state index contributed by atoms with van der Waals surface area (Å²) in [6.07, 6.45) is 0. The molecule has 0 aliphatic heterocycles. The Morgan fingerprint density at radius 2 is 1.88 bits per heavy atom. The van der Waals surface area contributed by atoms with E-state index in [4.69, 9.17) is 16.3 Å². The van der Waals surface area contributed by atoms with Crippen LogP contribution in [0.2, 0.25) is 5.02 Å². The van der Waals surface area contributed by atoms with Crippen molar-refractivity contribution in [2.24, 2.45) is 0 Å². The second kappa shape index (κ2) is 7.36. The van der Waals surface area contributed by atoms with Crippen LogP contribution >= 0.6 is 11.6 Å². The number of halogens is 1. The molecule has 1 N–H and O–H groups in total. The maximum Gasteiger partial charge on any atom is 0.325 e. The Kier molecular flexibility index (Phi) is 5.00. The summed E-state index contributed by atoms with van der Waals surface area (Å²) in [5.41, 5.74) is 1.93. The molecule has 1 aromatic heterocycles. The Bertz CT molecular complexity index is 936. The molecule has 6 nitrogen and oxygen atoms in total. The first kappa shape index (κ1) is 17.0. The highest BCUT2D eigenvalue weighted by Gasteiger charge is 2.15. The number of rotatable bonds is 5. The smallest absolute Gasteiger partial charge is 0.325 e. The number of hydrogen-bond donors (Lipinski definition) is 1. The van der Waals surface area contributed by atoms with Gasteiger partial charge in [0.1, 0.15) is 12.4 Å². The van der Waals surface area contributed by atoms with Crippen LogP contribution in [-0.2, 0) is 22.6 Å². The summed E-state index contributed by atoms with van der Waals surface area (Å²) in [6.45, 7) is 0.185. The molecule has 1 heterocycles. The number of imidazole rings is 1. The number of amides is 1. The van der Waals surface area contributed by atoms with Gasteiger partial charge in [-0.2, -0.15) is 0 Å². The Labute approximate surface area is 149 Å². The maximum absolute atomic E-state index is 12.3. The van der Waals surface area contributed by atoms with E-state index in [0.29, 0.717) is 16.4 Å². The zero-order chi connectivity index (χ0) is 17.8. The predicted molar refractivity (Wildman–Crippen MR) is 94.4 cm³/mol. The van der Waals surface area contributed by atoms with E-state index in [9.17, 15) is 9.59 Å². The SMILES string of the molecule is COC(=O)Cn1c(CNC(=O)c2ccccc2Cl)nc2ccccc21. The number of nitrogens with one attached hydrogen (secondary N) is 1. The normalized spacial score (nSPS) is 10.6. The van der Waals surface area contributed by atoms with Crippen molar-refractivity contribution >= 4 is 34.5 Å². The lowest BCUT2D eigenvalue weighted by Gasteiger charge is -2.09. The average Bonchev–Trinajstić information content (AvgIpc) is 2.97.